The number of halogens is 2. The lowest BCUT2D eigenvalue weighted by atomic mass is 9.72. The Morgan fingerprint density at radius 2 is 1.91 bits per heavy atom. The number of rotatable bonds is 5. The van der Waals surface area contributed by atoms with Crippen molar-refractivity contribution >= 4 is 29.5 Å². The molecule has 2 aromatic rings. The Hall–Kier alpha value is -3.89. The summed E-state index contributed by atoms with van der Waals surface area (Å²) in [6, 6.07) is 5.74. The van der Waals surface area contributed by atoms with Crippen molar-refractivity contribution in [2.75, 3.05) is 11.9 Å². The molecule has 0 radical (unpaired) electrons. The van der Waals surface area contributed by atoms with Gasteiger partial charge in [-0.15, -0.1) is 0 Å². The van der Waals surface area contributed by atoms with Crippen LogP contribution in [-0.2, 0) is 4.79 Å². The summed E-state index contributed by atoms with van der Waals surface area (Å²) in [7, 11) is 0. The fourth-order valence-corrected chi connectivity index (χ4v) is 4.24. The lowest BCUT2D eigenvalue weighted by Crippen LogP contribution is -2.43. The molecule has 0 unspecified atom stereocenters. The fourth-order valence-electron chi connectivity index (χ4n) is 4.24. The highest BCUT2D eigenvalue weighted by molar-refractivity contribution is 6.07. The predicted octanol–water partition coefficient (Wildman–Crippen LogP) is 4.18. The molecule has 1 aliphatic carbocycles. The summed E-state index contributed by atoms with van der Waals surface area (Å²) in [5, 5.41) is 9.94. The molecule has 2 fully saturated rings. The van der Waals surface area contributed by atoms with Crippen LogP contribution in [0.4, 0.5) is 19.4 Å². The number of likely N-dealkylation sites (tertiary alicyclic amines) is 1. The van der Waals surface area contributed by atoms with Crippen LogP contribution in [-0.4, -0.2) is 45.5 Å². The summed E-state index contributed by atoms with van der Waals surface area (Å²) in [6.07, 6.45) is 5.19. The smallest absolute Gasteiger partial charge is 0.329 e. The van der Waals surface area contributed by atoms with Gasteiger partial charge in [-0.05, 0) is 37.5 Å². The molecule has 1 saturated carbocycles. The largest absolute Gasteiger partial charge is 0.456 e. The number of anilines is 1. The number of urea groups is 1. The zero-order valence-corrected chi connectivity index (χ0v) is 18.3. The Labute approximate surface area is 194 Å². The molecular formula is C23H24F2N6O3. The van der Waals surface area contributed by atoms with E-state index in [1.807, 2.05) is 0 Å². The van der Waals surface area contributed by atoms with Gasteiger partial charge in [-0.3, -0.25) is 20.0 Å². The van der Waals surface area contributed by atoms with Crippen molar-refractivity contribution in [3.05, 3.63) is 48.6 Å². The van der Waals surface area contributed by atoms with Crippen LogP contribution < -0.4 is 15.8 Å². The number of alkyl halides is 2. The Balaban J connectivity index is 1.37. The Kier molecular flexibility index (Phi) is 6.27. The summed E-state index contributed by atoms with van der Waals surface area (Å²) >= 11 is 0. The highest BCUT2D eigenvalue weighted by Gasteiger charge is 2.53. The van der Waals surface area contributed by atoms with Crippen molar-refractivity contribution in [3.8, 4) is 11.5 Å². The van der Waals surface area contributed by atoms with E-state index in [1.165, 1.54) is 24.7 Å². The number of pyridine rings is 2. The average Bonchev–Trinajstić information content (AvgIpc) is 3.14. The highest BCUT2D eigenvalue weighted by atomic mass is 19.3. The van der Waals surface area contributed by atoms with Gasteiger partial charge in [-0.25, -0.2) is 18.6 Å². The van der Waals surface area contributed by atoms with Crippen LogP contribution in [0.15, 0.2) is 42.9 Å². The maximum absolute atomic E-state index is 13.5. The summed E-state index contributed by atoms with van der Waals surface area (Å²) in [6.45, 7) is 0.191. The maximum atomic E-state index is 13.5. The first kappa shape index (κ1) is 23.3. The minimum Gasteiger partial charge on any atom is -0.456 e. The van der Waals surface area contributed by atoms with Gasteiger partial charge in [0.05, 0.1) is 17.3 Å². The Morgan fingerprint density at radius 1 is 1.15 bits per heavy atom. The van der Waals surface area contributed by atoms with Crippen LogP contribution in [0.1, 0.15) is 37.8 Å². The maximum Gasteiger partial charge on any atom is 0.329 e. The second-order valence-electron chi connectivity index (χ2n) is 8.40. The molecule has 178 valence electrons. The molecule has 3 amide bonds. The standard InChI is InChI=1S/C23H24F2N6O3/c24-23(25)6-4-22(5-7-23)8-10-31(20(22)32)21(33)30-19-2-1-17(14-29-19)34-16-3-9-28-18(11-16)15(12-26)13-27/h1-3,9,11-14,26H,4-8,10,27H2,(H,29,30,33). The molecule has 4 N–H and O–H groups in total. The lowest BCUT2D eigenvalue weighted by Gasteiger charge is -2.35. The minimum atomic E-state index is -2.74. The van der Waals surface area contributed by atoms with E-state index in [9.17, 15) is 18.4 Å². The van der Waals surface area contributed by atoms with Gasteiger partial charge in [0.15, 0.2) is 0 Å². The van der Waals surface area contributed by atoms with E-state index < -0.39 is 23.3 Å². The van der Waals surface area contributed by atoms with Crippen LogP contribution in [0.5, 0.6) is 11.5 Å². The lowest BCUT2D eigenvalue weighted by molar-refractivity contribution is -0.140. The summed E-state index contributed by atoms with van der Waals surface area (Å²) in [5.41, 5.74) is 5.52. The zero-order valence-electron chi connectivity index (χ0n) is 18.3. The van der Waals surface area contributed by atoms with E-state index in [4.69, 9.17) is 15.9 Å². The monoisotopic (exact) mass is 470 g/mol. The number of amides is 3. The van der Waals surface area contributed by atoms with Crippen molar-refractivity contribution in [1.82, 2.24) is 14.9 Å². The number of carbonyl (C=O) groups excluding carboxylic acids is 2. The molecule has 9 nitrogen and oxygen atoms in total. The van der Waals surface area contributed by atoms with Crippen molar-refractivity contribution < 1.29 is 23.1 Å². The van der Waals surface area contributed by atoms with Crippen LogP contribution in [0, 0.1) is 10.8 Å². The number of nitrogens with two attached hydrogens (primary N) is 1. The second-order valence-corrected chi connectivity index (χ2v) is 8.40. The van der Waals surface area contributed by atoms with Crippen molar-refractivity contribution in [3.63, 3.8) is 0 Å². The first-order valence-corrected chi connectivity index (χ1v) is 10.8. The number of nitrogens with zero attached hydrogens (tertiary/aromatic N) is 3. The number of aromatic nitrogens is 2. The average molecular weight is 470 g/mol. The van der Waals surface area contributed by atoms with Gasteiger partial charge in [0.1, 0.15) is 17.3 Å². The molecule has 3 heterocycles. The van der Waals surface area contributed by atoms with Crippen molar-refractivity contribution in [2.45, 2.75) is 38.0 Å². The van der Waals surface area contributed by atoms with Gasteiger partial charge < -0.3 is 15.9 Å². The normalized spacial score (nSPS) is 19.2. The van der Waals surface area contributed by atoms with E-state index >= 15 is 0 Å². The summed E-state index contributed by atoms with van der Waals surface area (Å²) < 4.78 is 32.8. The van der Waals surface area contributed by atoms with Crippen LogP contribution in [0.25, 0.3) is 5.57 Å². The van der Waals surface area contributed by atoms with E-state index in [0.717, 1.165) is 11.1 Å². The van der Waals surface area contributed by atoms with E-state index in [1.54, 1.807) is 18.2 Å². The van der Waals surface area contributed by atoms with Gasteiger partial charge in [-0.2, -0.15) is 0 Å². The number of carbonyl (C=O) groups is 2. The first-order chi connectivity index (χ1) is 16.2. The summed E-state index contributed by atoms with van der Waals surface area (Å²) in [5.74, 6) is -2.08. The van der Waals surface area contributed by atoms with Crippen LogP contribution >= 0.6 is 0 Å². The molecule has 11 heteroatoms. The van der Waals surface area contributed by atoms with Crippen molar-refractivity contribution in [1.29, 1.82) is 5.41 Å². The third kappa shape index (κ3) is 4.73. The van der Waals surface area contributed by atoms with E-state index in [2.05, 4.69) is 15.3 Å². The number of allylic oxidation sites excluding steroid dienone is 1. The molecule has 0 atom stereocenters. The van der Waals surface area contributed by atoms with Gasteiger partial charge in [-0.1, -0.05) is 0 Å². The minimum absolute atomic E-state index is 0.0893. The molecule has 0 bridgehead atoms. The van der Waals surface area contributed by atoms with Crippen molar-refractivity contribution in [2.24, 2.45) is 11.1 Å². The zero-order chi connectivity index (χ0) is 24.3. The topological polar surface area (TPSA) is 134 Å². The summed E-state index contributed by atoms with van der Waals surface area (Å²) in [4.78, 5) is 34.9. The number of ether oxygens (including phenoxy) is 1. The van der Waals surface area contributed by atoms with Gasteiger partial charge in [0.2, 0.25) is 11.8 Å². The van der Waals surface area contributed by atoms with E-state index in [-0.39, 0.29) is 38.0 Å². The second kappa shape index (κ2) is 9.16. The number of nitrogens with one attached hydrogen (secondary N) is 2. The number of hydrogen-bond acceptors (Lipinski definition) is 7. The van der Waals surface area contributed by atoms with Crippen LogP contribution in [0.3, 0.4) is 0 Å². The first-order valence-electron chi connectivity index (χ1n) is 10.8. The Bertz CT molecular complexity index is 1130. The molecule has 1 aliphatic heterocycles. The van der Waals surface area contributed by atoms with Crippen LogP contribution in [0.2, 0.25) is 0 Å². The number of imide groups is 1. The molecule has 0 aromatic carbocycles. The Morgan fingerprint density at radius 3 is 2.56 bits per heavy atom. The molecule has 1 saturated heterocycles. The molecule has 2 aromatic heterocycles. The molecule has 34 heavy (non-hydrogen) atoms. The quantitative estimate of drug-likeness (QED) is 0.561. The molecule has 2 aliphatic rings. The SMILES string of the molecule is N=CC(=CN)c1cc(Oc2ccc(NC(=O)N3CCC4(CCC(F)(F)CC4)C3=O)nc2)ccn1. The molecule has 4 rings (SSSR count). The highest BCUT2D eigenvalue weighted by Crippen LogP contribution is 2.49. The van der Waals surface area contributed by atoms with Gasteiger partial charge in [0, 0.05) is 49.6 Å². The predicted molar refractivity (Wildman–Crippen MR) is 121 cm³/mol. The molecule has 1 spiro atoms. The van der Waals surface area contributed by atoms with Gasteiger partial charge >= 0.3 is 6.03 Å². The van der Waals surface area contributed by atoms with Gasteiger partial charge in [0.25, 0.3) is 0 Å². The molecular weight excluding hydrogens is 446 g/mol. The third-order valence-corrected chi connectivity index (χ3v) is 6.27. The number of hydrogen-bond donors (Lipinski definition) is 3. The fraction of sp³-hybridized carbons (Fsp3) is 0.348. The van der Waals surface area contributed by atoms with E-state index in [0.29, 0.717) is 29.2 Å². The third-order valence-electron chi connectivity index (χ3n) is 6.27.